The van der Waals surface area contributed by atoms with Crippen molar-refractivity contribution in [2.75, 3.05) is 6.61 Å². The van der Waals surface area contributed by atoms with Crippen LogP contribution in [-0.2, 0) is 4.79 Å². The fourth-order valence-electron chi connectivity index (χ4n) is 5.65. The molecular formula is C40H75NO4. The van der Waals surface area contributed by atoms with Crippen LogP contribution >= 0.6 is 0 Å². The summed E-state index contributed by atoms with van der Waals surface area (Å²) in [5.41, 5.74) is 0. The van der Waals surface area contributed by atoms with Crippen LogP contribution in [0, 0.1) is 0 Å². The van der Waals surface area contributed by atoms with Crippen LogP contribution in [0.5, 0.6) is 0 Å². The Morgan fingerprint density at radius 2 is 0.956 bits per heavy atom. The van der Waals surface area contributed by atoms with Crippen LogP contribution < -0.4 is 5.32 Å². The highest BCUT2D eigenvalue weighted by atomic mass is 16.3. The Hall–Kier alpha value is -1.43. The van der Waals surface area contributed by atoms with Crippen molar-refractivity contribution in [1.82, 2.24) is 5.32 Å². The largest absolute Gasteiger partial charge is 0.394 e. The normalized spacial score (nSPS) is 14.2. The second-order valence-corrected chi connectivity index (χ2v) is 13.1. The number of nitrogens with one attached hydrogen (secondary N) is 1. The monoisotopic (exact) mass is 634 g/mol. The molecule has 0 fully saturated rings. The lowest BCUT2D eigenvalue weighted by atomic mass is 10.0. The van der Waals surface area contributed by atoms with Gasteiger partial charge in [0.05, 0.1) is 18.8 Å². The minimum absolute atomic E-state index is 0.166. The molecule has 5 nitrogen and oxygen atoms in total. The maximum Gasteiger partial charge on any atom is 0.220 e. The number of rotatable bonds is 34. The number of amides is 1. The molecule has 0 aliphatic heterocycles. The molecular weight excluding hydrogens is 558 g/mol. The number of carbonyl (C=O) groups excluding carboxylic acids is 1. The summed E-state index contributed by atoms with van der Waals surface area (Å²) in [5.74, 6) is -0.166. The van der Waals surface area contributed by atoms with Gasteiger partial charge in [0.2, 0.25) is 5.91 Å². The first-order chi connectivity index (χ1) is 22.1. The third-order valence-corrected chi connectivity index (χ3v) is 8.67. The van der Waals surface area contributed by atoms with Gasteiger partial charge in [0.15, 0.2) is 0 Å². The van der Waals surface area contributed by atoms with Crippen LogP contribution in [0.2, 0.25) is 0 Å². The molecule has 45 heavy (non-hydrogen) atoms. The Balaban J connectivity index is 3.67. The summed E-state index contributed by atoms with van der Waals surface area (Å²) >= 11 is 0. The molecule has 3 unspecified atom stereocenters. The zero-order chi connectivity index (χ0) is 33.1. The lowest BCUT2D eigenvalue weighted by Crippen LogP contribution is -2.50. The highest BCUT2D eigenvalue weighted by molar-refractivity contribution is 5.76. The summed E-state index contributed by atoms with van der Waals surface area (Å²) in [6.45, 7) is 4.07. The maximum absolute atomic E-state index is 12.3. The Labute approximate surface area is 279 Å². The van der Waals surface area contributed by atoms with E-state index in [0.29, 0.717) is 12.8 Å². The van der Waals surface area contributed by atoms with Crippen molar-refractivity contribution in [1.29, 1.82) is 0 Å². The number of aliphatic hydroxyl groups is 3. The average Bonchev–Trinajstić information content (AvgIpc) is 3.04. The third-order valence-electron chi connectivity index (χ3n) is 8.67. The fraction of sp³-hybridized carbons (Fsp3) is 0.825. The second-order valence-electron chi connectivity index (χ2n) is 13.1. The Morgan fingerprint density at radius 1 is 0.533 bits per heavy atom. The molecule has 0 aromatic heterocycles. The number of aliphatic hydroxyl groups excluding tert-OH is 3. The van der Waals surface area contributed by atoms with E-state index < -0.39 is 18.2 Å². The predicted molar refractivity (Wildman–Crippen MR) is 194 cm³/mol. The molecule has 5 heteroatoms. The Bertz CT molecular complexity index is 704. The number of allylic oxidation sites excluding steroid dienone is 6. The molecule has 0 heterocycles. The molecule has 0 aliphatic carbocycles. The molecule has 0 saturated heterocycles. The van der Waals surface area contributed by atoms with Crippen LogP contribution in [0.4, 0.5) is 0 Å². The minimum Gasteiger partial charge on any atom is -0.394 e. The Kier molecular flexibility index (Phi) is 34.3. The first-order valence-corrected chi connectivity index (χ1v) is 19.3. The fourth-order valence-corrected chi connectivity index (χ4v) is 5.65. The molecule has 0 rings (SSSR count). The summed E-state index contributed by atoms with van der Waals surface area (Å²) < 4.78 is 0. The number of hydrogen-bond donors (Lipinski definition) is 4. The molecule has 0 aromatic carbocycles. The first kappa shape index (κ1) is 43.6. The van der Waals surface area contributed by atoms with E-state index in [1.807, 2.05) is 0 Å². The minimum atomic E-state index is -1.17. The zero-order valence-corrected chi connectivity index (χ0v) is 29.7. The van der Waals surface area contributed by atoms with Crippen molar-refractivity contribution >= 4 is 5.91 Å². The van der Waals surface area contributed by atoms with Crippen LogP contribution in [-0.4, -0.2) is 46.1 Å². The van der Waals surface area contributed by atoms with E-state index in [-0.39, 0.29) is 12.5 Å². The standard InChI is InChI=1S/C40H75NO4/c1-3-5-7-9-11-13-15-16-17-18-19-20-21-22-23-24-25-27-29-31-33-35-39(44)41-37(36-42)40(45)38(43)34-32-30-28-26-14-12-10-8-6-4-2/h8,10,20-21,26,28,37-38,40,42-43,45H,3-7,9,11-19,22-25,27,29-36H2,1-2H3,(H,41,44)/b10-8+,21-20-,28-26+. The summed E-state index contributed by atoms with van der Waals surface area (Å²) in [6.07, 6.45) is 42.5. The van der Waals surface area contributed by atoms with Crippen molar-refractivity contribution in [3.63, 3.8) is 0 Å². The molecule has 0 aromatic rings. The van der Waals surface area contributed by atoms with Crippen LogP contribution in [0.15, 0.2) is 36.5 Å². The van der Waals surface area contributed by atoms with Crippen LogP contribution in [0.25, 0.3) is 0 Å². The Morgan fingerprint density at radius 3 is 1.44 bits per heavy atom. The van der Waals surface area contributed by atoms with E-state index >= 15 is 0 Å². The smallest absolute Gasteiger partial charge is 0.220 e. The van der Waals surface area contributed by atoms with Gasteiger partial charge in [-0.3, -0.25) is 4.79 Å². The number of carbonyl (C=O) groups is 1. The highest BCUT2D eigenvalue weighted by Gasteiger charge is 2.26. The SMILES string of the molecule is CCC/C=C/CC/C=C/CCCC(O)C(O)C(CO)NC(=O)CCCCCCCCC/C=C\CCCCCCCCCCCC. The van der Waals surface area contributed by atoms with Crippen molar-refractivity contribution in [2.45, 2.75) is 205 Å². The van der Waals surface area contributed by atoms with Crippen molar-refractivity contribution in [3.05, 3.63) is 36.5 Å². The summed E-state index contributed by atoms with van der Waals surface area (Å²) in [7, 11) is 0. The molecule has 0 radical (unpaired) electrons. The van der Waals surface area contributed by atoms with E-state index in [1.54, 1.807) is 0 Å². The molecule has 3 atom stereocenters. The molecule has 0 bridgehead atoms. The van der Waals surface area contributed by atoms with Gasteiger partial charge in [-0.2, -0.15) is 0 Å². The van der Waals surface area contributed by atoms with E-state index in [1.165, 1.54) is 109 Å². The van der Waals surface area contributed by atoms with Gasteiger partial charge in [-0.25, -0.2) is 0 Å². The van der Waals surface area contributed by atoms with Crippen LogP contribution in [0.1, 0.15) is 187 Å². The molecule has 0 spiro atoms. The molecule has 0 saturated carbocycles. The van der Waals surface area contributed by atoms with Crippen molar-refractivity contribution in [3.8, 4) is 0 Å². The van der Waals surface area contributed by atoms with E-state index in [2.05, 4.69) is 55.6 Å². The quantitative estimate of drug-likeness (QED) is 0.0419. The van der Waals surface area contributed by atoms with Gasteiger partial charge < -0.3 is 20.6 Å². The van der Waals surface area contributed by atoms with Gasteiger partial charge in [-0.05, 0) is 70.6 Å². The van der Waals surface area contributed by atoms with Gasteiger partial charge in [-0.1, -0.05) is 147 Å². The van der Waals surface area contributed by atoms with Gasteiger partial charge in [-0.15, -0.1) is 0 Å². The summed E-state index contributed by atoms with van der Waals surface area (Å²) in [4.78, 5) is 12.3. The van der Waals surface area contributed by atoms with Crippen LogP contribution in [0.3, 0.4) is 0 Å². The molecule has 4 N–H and O–H groups in total. The topological polar surface area (TPSA) is 89.8 Å². The van der Waals surface area contributed by atoms with Crippen molar-refractivity contribution in [2.24, 2.45) is 0 Å². The van der Waals surface area contributed by atoms with E-state index in [9.17, 15) is 20.1 Å². The van der Waals surface area contributed by atoms with Gasteiger partial charge in [0.1, 0.15) is 6.10 Å². The highest BCUT2D eigenvalue weighted by Crippen LogP contribution is 2.14. The van der Waals surface area contributed by atoms with Crippen molar-refractivity contribution < 1.29 is 20.1 Å². The number of hydrogen-bond acceptors (Lipinski definition) is 4. The lowest BCUT2D eigenvalue weighted by Gasteiger charge is -2.26. The van der Waals surface area contributed by atoms with E-state index in [0.717, 1.165) is 51.4 Å². The summed E-state index contributed by atoms with van der Waals surface area (Å²) in [6, 6.07) is -0.832. The van der Waals surface area contributed by atoms with Gasteiger partial charge in [0.25, 0.3) is 0 Å². The van der Waals surface area contributed by atoms with Gasteiger partial charge >= 0.3 is 0 Å². The predicted octanol–water partition coefficient (Wildman–Crippen LogP) is 10.4. The average molecular weight is 634 g/mol. The zero-order valence-electron chi connectivity index (χ0n) is 29.7. The molecule has 264 valence electrons. The van der Waals surface area contributed by atoms with Gasteiger partial charge in [0, 0.05) is 6.42 Å². The first-order valence-electron chi connectivity index (χ1n) is 19.3. The lowest BCUT2D eigenvalue weighted by molar-refractivity contribution is -0.124. The maximum atomic E-state index is 12.3. The van der Waals surface area contributed by atoms with E-state index in [4.69, 9.17) is 0 Å². The molecule has 1 amide bonds. The second kappa shape index (κ2) is 35.4. The molecule has 0 aliphatic rings. The summed E-state index contributed by atoms with van der Waals surface area (Å²) in [5, 5.41) is 33.2. The third kappa shape index (κ3) is 31.0. The number of unbranched alkanes of at least 4 members (excludes halogenated alkanes) is 20.